The van der Waals surface area contributed by atoms with Crippen molar-refractivity contribution < 1.29 is 14.3 Å². The molecule has 0 spiro atoms. The van der Waals surface area contributed by atoms with Crippen molar-refractivity contribution in [1.29, 1.82) is 0 Å². The van der Waals surface area contributed by atoms with Crippen LogP contribution in [0.1, 0.15) is 43.5 Å². The topological polar surface area (TPSA) is 79.5 Å². The Morgan fingerprint density at radius 3 is 2.43 bits per heavy atom. The van der Waals surface area contributed by atoms with Crippen LogP contribution in [0.3, 0.4) is 0 Å². The van der Waals surface area contributed by atoms with E-state index in [1.807, 2.05) is 6.07 Å². The van der Waals surface area contributed by atoms with Gasteiger partial charge in [0.05, 0.1) is 12.2 Å². The fraction of sp³-hybridized carbons (Fsp3) is 0.286. The maximum Gasteiger partial charge on any atom is 0.261 e. The molecule has 0 unspecified atom stereocenters. The quantitative estimate of drug-likeness (QED) is 0.454. The Morgan fingerprint density at radius 1 is 1.00 bits per heavy atom. The standard InChI is InChI=1S/C21H25N3O3S/c1-3-5-13-27-18-12-7-6-11-17(18)20(26)24-21(28)23-16-10-8-9-15(14-16)22-19(25)4-2/h6-12,14H,3-5,13H2,1-2H3,(H,22,25)(H2,23,24,26,28). The first-order valence-electron chi connectivity index (χ1n) is 9.27. The smallest absolute Gasteiger partial charge is 0.261 e. The summed E-state index contributed by atoms with van der Waals surface area (Å²) < 4.78 is 5.70. The number of hydrogen-bond donors (Lipinski definition) is 3. The summed E-state index contributed by atoms with van der Waals surface area (Å²) in [5, 5.41) is 8.55. The summed E-state index contributed by atoms with van der Waals surface area (Å²) in [5.41, 5.74) is 1.74. The van der Waals surface area contributed by atoms with Gasteiger partial charge in [-0.25, -0.2) is 0 Å². The Kier molecular flexibility index (Phi) is 8.42. The Labute approximate surface area is 170 Å². The number of para-hydroxylation sites is 1. The Morgan fingerprint density at radius 2 is 1.71 bits per heavy atom. The van der Waals surface area contributed by atoms with Crippen LogP contribution >= 0.6 is 12.2 Å². The van der Waals surface area contributed by atoms with Crippen molar-refractivity contribution in [2.45, 2.75) is 33.1 Å². The second-order valence-corrected chi connectivity index (χ2v) is 6.50. The van der Waals surface area contributed by atoms with Gasteiger partial charge in [0.15, 0.2) is 5.11 Å². The van der Waals surface area contributed by atoms with E-state index in [0.29, 0.717) is 35.7 Å². The predicted molar refractivity (Wildman–Crippen MR) is 116 cm³/mol. The molecule has 0 aliphatic carbocycles. The van der Waals surface area contributed by atoms with E-state index < -0.39 is 0 Å². The zero-order valence-electron chi connectivity index (χ0n) is 16.1. The van der Waals surface area contributed by atoms with Crippen LogP contribution in [0.4, 0.5) is 11.4 Å². The molecule has 3 N–H and O–H groups in total. The van der Waals surface area contributed by atoms with Gasteiger partial charge in [-0.2, -0.15) is 0 Å². The van der Waals surface area contributed by atoms with E-state index in [1.54, 1.807) is 49.4 Å². The van der Waals surface area contributed by atoms with E-state index in [-0.39, 0.29) is 16.9 Å². The molecule has 0 aliphatic heterocycles. The summed E-state index contributed by atoms with van der Waals surface area (Å²) in [6, 6.07) is 14.2. The largest absolute Gasteiger partial charge is 0.493 e. The van der Waals surface area contributed by atoms with Crippen LogP contribution in [-0.2, 0) is 4.79 Å². The number of anilines is 2. The SMILES string of the molecule is CCCCOc1ccccc1C(=O)NC(=S)Nc1cccc(NC(=O)CC)c1. The third kappa shape index (κ3) is 6.66. The van der Waals surface area contributed by atoms with Gasteiger partial charge in [-0.3, -0.25) is 14.9 Å². The number of amides is 2. The summed E-state index contributed by atoms with van der Waals surface area (Å²) in [6.45, 7) is 4.42. The molecule has 0 heterocycles. The summed E-state index contributed by atoms with van der Waals surface area (Å²) in [5.74, 6) is 0.105. The molecule has 0 saturated heterocycles. The average Bonchev–Trinajstić information content (AvgIpc) is 2.68. The summed E-state index contributed by atoms with van der Waals surface area (Å²) >= 11 is 5.24. The number of nitrogens with one attached hydrogen (secondary N) is 3. The molecule has 7 heteroatoms. The number of thiocarbonyl (C=S) groups is 1. The third-order valence-electron chi connectivity index (χ3n) is 3.84. The molecule has 0 saturated carbocycles. The Balaban J connectivity index is 1.99. The monoisotopic (exact) mass is 399 g/mol. The van der Waals surface area contributed by atoms with Gasteiger partial charge in [0.2, 0.25) is 5.91 Å². The van der Waals surface area contributed by atoms with Crippen LogP contribution in [0.15, 0.2) is 48.5 Å². The Hall–Kier alpha value is -2.93. The van der Waals surface area contributed by atoms with Gasteiger partial charge in [0, 0.05) is 17.8 Å². The molecular formula is C21H25N3O3S. The van der Waals surface area contributed by atoms with Crippen molar-refractivity contribution in [2.75, 3.05) is 17.2 Å². The summed E-state index contributed by atoms with van der Waals surface area (Å²) in [7, 11) is 0. The highest BCUT2D eigenvalue weighted by Gasteiger charge is 2.13. The first kappa shape index (κ1) is 21.4. The minimum Gasteiger partial charge on any atom is -0.493 e. The molecule has 148 valence electrons. The predicted octanol–water partition coefficient (Wildman–Crippen LogP) is 4.34. The van der Waals surface area contributed by atoms with E-state index in [2.05, 4.69) is 22.9 Å². The number of carbonyl (C=O) groups excluding carboxylic acids is 2. The van der Waals surface area contributed by atoms with Crippen molar-refractivity contribution in [3.63, 3.8) is 0 Å². The zero-order chi connectivity index (χ0) is 20.4. The number of unbranched alkanes of at least 4 members (excludes halogenated alkanes) is 1. The molecule has 6 nitrogen and oxygen atoms in total. The van der Waals surface area contributed by atoms with Crippen molar-refractivity contribution in [3.05, 3.63) is 54.1 Å². The van der Waals surface area contributed by atoms with Crippen LogP contribution in [0, 0.1) is 0 Å². The molecule has 0 fully saturated rings. The van der Waals surface area contributed by atoms with Gasteiger partial charge in [0.1, 0.15) is 5.75 Å². The highest BCUT2D eigenvalue weighted by atomic mass is 32.1. The minimum atomic E-state index is -0.347. The number of rotatable bonds is 8. The molecule has 0 atom stereocenters. The molecule has 0 aromatic heterocycles. The highest BCUT2D eigenvalue weighted by Crippen LogP contribution is 2.19. The zero-order valence-corrected chi connectivity index (χ0v) is 16.9. The molecular weight excluding hydrogens is 374 g/mol. The van der Waals surface area contributed by atoms with Crippen LogP contribution < -0.4 is 20.7 Å². The van der Waals surface area contributed by atoms with E-state index in [1.165, 1.54) is 0 Å². The van der Waals surface area contributed by atoms with Crippen LogP contribution in [-0.4, -0.2) is 23.5 Å². The molecule has 0 aliphatic rings. The fourth-order valence-corrected chi connectivity index (χ4v) is 2.57. The lowest BCUT2D eigenvalue weighted by Crippen LogP contribution is -2.34. The van der Waals surface area contributed by atoms with Gasteiger partial charge < -0.3 is 15.4 Å². The lowest BCUT2D eigenvalue weighted by atomic mass is 10.2. The van der Waals surface area contributed by atoms with Crippen LogP contribution in [0.2, 0.25) is 0 Å². The number of carbonyl (C=O) groups is 2. The average molecular weight is 400 g/mol. The maximum atomic E-state index is 12.6. The van der Waals surface area contributed by atoms with E-state index >= 15 is 0 Å². The lowest BCUT2D eigenvalue weighted by molar-refractivity contribution is -0.115. The highest BCUT2D eigenvalue weighted by molar-refractivity contribution is 7.80. The van der Waals surface area contributed by atoms with Crippen molar-refractivity contribution in [2.24, 2.45) is 0 Å². The second-order valence-electron chi connectivity index (χ2n) is 6.09. The van der Waals surface area contributed by atoms with Gasteiger partial charge in [-0.15, -0.1) is 0 Å². The maximum absolute atomic E-state index is 12.6. The van der Waals surface area contributed by atoms with E-state index in [0.717, 1.165) is 12.8 Å². The molecule has 2 aromatic carbocycles. The van der Waals surface area contributed by atoms with Crippen LogP contribution in [0.25, 0.3) is 0 Å². The number of hydrogen-bond acceptors (Lipinski definition) is 4. The molecule has 2 amide bonds. The lowest BCUT2D eigenvalue weighted by Gasteiger charge is -2.13. The van der Waals surface area contributed by atoms with E-state index in [9.17, 15) is 9.59 Å². The van der Waals surface area contributed by atoms with Crippen LogP contribution in [0.5, 0.6) is 5.75 Å². The number of ether oxygens (including phenoxy) is 1. The first-order chi connectivity index (χ1) is 13.5. The molecule has 2 rings (SSSR count). The summed E-state index contributed by atoms with van der Waals surface area (Å²) in [6.07, 6.45) is 2.33. The molecule has 0 bridgehead atoms. The fourth-order valence-electron chi connectivity index (χ4n) is 2.36. The normalized spacial score (nSPS) is 10.1. The number of benzene rings is 2. The van der Waals surface area contributed by atoms with Gasteiger partial charge in [-0.05, 0) is 49.0 Å². The molecule has 2 aromatic rings. The van der Waals surface area contributed by atoms with E-state index in [4.69, 9.17) is 17.0 Å². The van der Waals surface area contributed by atoms with Crippen molar-refractivity contribution >= 4 is 40.5 Å². The third-order valence-corrected chi connectivity index (χ3v) is 4.04. The first-order valence-corrected chi connectivity index (χ1v) is 9.68. The minimum absolute atomic E-state index is 0.0762. The van der Waals surface area contributed by atoms with Crippen molar-refractivity contribution in [1.82, 2.24) is 5.32 Å². The molecule has 28 heavy (non-hydrogen) atoms. The van der Waals surface area contributed by atoms with Gasteiger partial charge in [0.25, 0.3) is 5.91 Å². The molecule has 0 radical (unpaired) electrons. The second kappa shape index (κ2) is 11.0. The summed E-state index contributed by atoms with van der Waals surface area (Å²) in [4.78, 5) is 24.1. The Bertz CT molecular complexity index is 839. The van der Waals surface area contributed by atoms with Gasteiger partial charge in [-0.1, -0.05) is 38.5 Å². The van der Waals surface area contributed by atoms with Crippen molar-refractivity contribution in [3.8, 4) is 5.75 Å². The van der Waals surface area contributed by atoms with Gasteiger partial charge >= 0.3 is 0 Å².